The van der Waals surface area contributed by atoms with Crippen LogP contribution in [0.3, 0.4) is 0 Å². The lowest BCUT2D eigenvalue weighted by Gasteiger charge is -2.07. The van der Waals surface area contributed by atoms with Crippen LogP contribution in [-0.4, -0.2) is 30.2 Å². The second-order valence-electron chi connectivity index (χ2n) is 2.79. The van der Waals surface area contributed by atoms with Crippen LogP contribution in [-0.2, 0) is 0 Å². The predicted octanol–water partition coefficient (Wildman–Crippen LogP) is 1.31. The number of nitrogens with zero attached hydrogens (tertiary/aromatic N) is 1. The zero-order valence-corrected chi connectivity index (χ0v) is 8.59. The van der Waals surface area contributed by atoms with Crippen LogP contribution in [0.2, 0.25) is 0 Å². The molecule has 1 aromatic carbocycles. The third kappa shape index (κ3) is 2.02. The standard InChI is InChI=1S/C9H9NO6/c1-15-5-3-6(9(11)12)8(16-2)7(4-5)10(13)14/h3-4H,1-2H3,(H,11,12). The third-order valence-corrected chi connectivity index (χ3v) is 1.91. The fourth-order valence-electron chi connectivity index (χ4n) is 1.21. The zero-order chi connectivity index (χ0) is 12.3. The minimum atomic E-state index is -1.32. The van der Waals surface area contributed by atoms with Gasteiger partial charge in [-0.05, 0) is 6.07 Å². The van der Waals surface area contributed by atoms with Crippen molar-refractivity contribution in [2.45, 2.75) is 0 Å². The molecule has 0 saturated carbocycles. The summed E-state index contributed by atoms with van der Waals surface area (Å²) in [5.41, 5.74) is -0.757. The maximum Gasteiger partial charge on any atom is 0.339 e. The molecule has 1 rings (SSSR count). The van der Waals surface area contributed by atoms with Gasteiger partial charge in [0, 0.05) is 0 Å². The summed E-state index contributed by atoms with van der Waals surface area (Å²) < 4.78 is 9.49. The zero-order valence-electron chi connectivity index (χ0n) is 8.59. The number of hydrogen-bond acceptors (Lipinski definition) is 5. The van der Waals surface area contributed by atoms with E-state index >= 15 is 0 Å². The molecule has 0 aliphatic rings. The van der Waals surface area contributed by atoms with Crippen LogP contribution in [0.5, 0.6) is 11.5 Å². The van der Waals surface area contributed by atoms with Crippen LogP contribution in [0, 0.1) is 10.1 Å². The van der Waals surface area contributed by atoms with E-state index in [9.17, 15) is 14.9 Å². The smallest absolute Gasteiger partial charge is 0.339 e. The number of nitro groups is 1. The van der Waals surface area contributed by atoms with Crippen molar-refractivity contribution in [2.24, 2.45) is 0 Å². The number of benzene rings is 1. The Morgan fingerprint density at radius 1 is 1.38 bits per heavy atom. The highest BCUT2D eigenvalue weighted by atomic mass is 16.6. The number of carboxylic acids is 1. The second-order valence-corrected chi connectivity index (χ2v) is 2.79. The van der Waals surface area contributed by atoms with E-state index in [0.29, 0.717) is 0 Å². The van der Waals surface area contributed by atoms with E-state index in [1.807, 2.05) is 0 Å². The Morgan fingerprint density at radius 3 is 2.38 bits per heavy atom. The Labute approximate surface area is 90.4 Å². The summed E-state index contributed by atoms with van der Waals surface area (Å²) in [6.07, 6.45) is 0. The molecule has 0 fully saturated rings. The molecule has 0 unspecified atom stereocenters. The van der Waals surface area contributed by atoms with E-state index in [1.165, 1.54) is 14.2 Å². The molecule has 0 amide bonds. The number of aromatic carboxylic acids is 1. The van der Waals surface area contributed by atoms with Crippen LogP contribution in [0.4, 0.5) is 5.69 Å². The van der Waals surface area contributed by atoms with E-state index in [-0.39, 0.29) is 17.1 Å². The fraction of sp³-hybridized carbons (Fsp3) is 0.222. The van der Waals surface area contributed by atoms with E-state index in [1.54, 1.807) is 0 Å². The van der Waals surface area contributed by atoms with Gasteiger partial charge < -0.3 is 14.6 Å². The summed E-state index contributed by atoms with van der Waals surface area (Å²) in [6.45, 7) is 0. The van der Waals surface area contributed by atoms with Crippen molar-refractivity contribution in [3.63, 3.8) is 0 Å². The molecule has 0 saturated heterocycles. The summed E-state index contributed by atoms with van der Waals surface area (Å²) >= 11 is 0. The molecule has 0 radical (unpaired) electrons. The number of ether oxygens (including phenoxy) is 2. The first-order chi connectivity index (χ1) is 7.51. The second kappa shape index (κ2) is 4.47. The molecule has 16 heavy (non-hydrogen) atoms. The molecule has 1 aromatic rings. The number of carboxylic acid groups (broad SMARTS) is 1. The molecule has 0 atom stereocenters. The average molecular weight is 227 g/mol. The van der Waals surface area contributed by atoms with Crippen molar-refractivity contribution < 1.29 is 24.3 Å². The van der Waals surface area contributed by atoms with Gasteiger partial charge in [-0.3, -0.25) is 10.1 Å². The first kappa shape index (κ1) is 11.8. The van der Waals surface area contributed by atoms with E-state index in [4.69, 9.17) is 14.6 Å². The summed E-state index contributed by atoms with van der Waals surface area (Å²) in [7, 11) is 2.46. The van der Waals surface area contributed by atoms with Crippen LogP contribution >= 0.6 is 0 Å². The SMILES string of the molecule is COc1cc(C(=O)O)c(OC)c([N+](=O)[O-])c1. The summed E-state index contributed by atoms with van der Waals surface area (Å²) in [6, 6.07) is 2.26. The topological polar surface area (TPSA) is 98.9 Å². The van der Waals surface area contributed by atoms with Gasteiger partial charge in [0.05, 0.1) is 25.2 Å². The molecule has 0 aliphatic carbocycles. The Morgan fingerprint density at radius 2 is 2.00 bits per heavy atom. The van der Waals surface area contributed by atoms with Gasteiger partial charge in [-0.25, -0.2) is 4.79 Å². The molecule has 0 aromatic heterocycles. The fourth-order valence-corrected chi connectivity index (χ4v) is 1.21. The lowest BCUT2D eigenvalue weighted by atomic mass is 10.1. The first-order valence-corrected chi connectivity index (χ1v) is 4.15. The van der Waals surface area contributed by atoms with Crippen LogP contribution < -0.4 is 9.47 Å². The predicted molar refractivity (Wildman–Crippen MR) is 53.2 cm³/mol. The maximum absolute atomic E-state index is 10.9. The number of nitro benzene ring substituents is 1. The highest BCUT2D eigenvalue weighted by molar-refractivity contribution is 5.93. The van der Waals surface area contributed by atoms with Crippen molar-refractivity contribution in [1.82, 2.24) is 0 Å². The molecule has 7 heteroatoms. The molecule has 1 N–H and O–H groups in total. The number of rotatable bonds is 4. The normalized spacial score (nSPS) is 9.62. The summed E-state index contributed by atoms with van der Waals surface area (Å²) in [5, 5.41) is 19.6. The Bertz CT molecular complexity index is 407. The quantitative estimate of drug-likeness (QED) is 0.614. The minimum absolute atomic E-state index is 0.0879. The van der Waals surface area contributed by atoms with Gasteiger partial charge >= 0.3 is 11.7 Å². The highest BCUT2D eigenvalue weighted by Gasteiger charge is 2.24. The Kier molecular flexibility index (Phi) is 3.29. The molecule has 0 aliphatic heterocycles. The Hall–Kier alpha value is -2.31. The average Bonchev–Trinajstić information content (AvgIpc) is 2.26. The number of hydrogen-bond donors (Lipinski definition) is 1. The molecule has 0 spiro atoms. The lowest BCUT2D eigenvalue weighted by molar-refractivity contribution is -0.385. The van der Waals surface area contributed by atoms with Crippen LogP contribution in [0.25, 0.3) is 0 Å². The first-order valence-electron chi connectivity index (χ1n) is 4.15. The maximum atomic E-state index is 10.9. The van der Waals surface area contributed by atoms with Gasteiger partial charge in [0.15, 0.2) is 0 Å². The molecule has 86 valence electrons. The van der Waals surface area contributed by atoms with Gasteiger partial charge in [0.1, 0.15) is 11.3 Å². The van der Waals surface area contributed by atoms with Crippen molar-refractivity contribution in [3.05, 3.63) is 27.8 Å². The van der Waals surface area contributed by atoms with E-state index < -0.39 is 16.6 Å². The van der Waals surface area contributed by atoms with Crippen LogP contribution in [0.1, 0.15) is 10.4 Å². The van der Waals surface area contributed by atoms with E-state index in [2.05, 4.69) is 0 Å². The number of carbonyl (C=O) groups is 1. The number of methoxy groups -OCH3 is 2. The largest absolute Gasteiger partial charge is 0.496 e. The summed E-state index contributed by atoms with van der Waals surface area (Å²) in [4.78, 5) is 20.8. The van der Waals surface area contributed by atoms with Crippen molar-refractivity contribution in [3.8, 4) is 11.5 Å². The van der Waals surface area contributed by atoms with Gasteiger partial charge in [-0.2, -0.15) is 0 Å². The van der Waals surface area contributed by atoms with Crippen molar-refractivity contribution >= 4 is 11.7 Å². The van der Waals surface area contributed by atoms with Crippen LogP contribution in [0.15, 0.2) is 12.1 Å². The monoisotopic (exact) mass is 227 g/mol. The molecule has 0 heterocycles. The minimum Gasteiger partial charge on any atom is -0.496 e. The Balaban J connectivity index is 3.52. The van der Waals surface area contributed by atoms with Gasteiger partial charge in [0.2, 0.25) is 5.75 Å². The van der Waals surface area contributed by atoms with Gasteiger partial charge in [-0.1, -0.05) is 0 Å². The molecular weight excluding hydrogens is 218 g/mol. The molecule has 7 nitrogen and oxygen atoms in total. The molecular formula is C9H9NO6. The van der Waals surface area contributed by atoms with Crippen molar-refractivity contribution in [1.29, 1.82) is 0 Å². The summed E-state index contributed by atoms with van der Waals surface area (Å²) in [5.74, 6) is -1.53. The lowest BCUT2D eigenvalue weighted by Crippen LogP contribution is -2.04. The third-order valence-electron chi connectivity index (χ3n) is 1.91. The van der Waals surface area contributed by atoms with E-state index in [0.717, 1.165) is 12.1 Å². The molecule has 0 bridgehead atoms. The highest BCUT2D eigenvalue weighted by Crippen LogP contribution is 2.35. The van der Waals surface area contributed by atoms with Crippen molar-refractivity contribution in [2.75, 3.05) is 14.2 Å². The van der Waals surface area contributed by atoms with Gasteiger partial charge in [-0.15, -0.1) is 0 Å². The van der Waals surface area contributed by atoms with Gasteiger partial charge in [0.25, 0.3) is 0 Å².